The number of aromatic carboxylic acids is 1. The second-order valence-corrected chi connectivity index (χ2v) is 3.12. The number of carbonyl (C=O) groups is 1. The van der Waals surface area contributed by atoms with E-state index in [-0.39, 0.29) is 18.3 Å². The van der Waals surface area contributed by atoms with Gasteiger partial charge in [0.15, 0.2) is 5.69 Å². The number of oxazole rings is 1. The molecule has 0 saturated carbocycles. The molecule has 16 heavy (non-hydrogen) atoms. The van der Waals surface area contributed by atoms with Gasteiger partial charge in [-0.25, -0.2) is 4.79 Å². The number of terminal acetylenes is 1. The van der Waals surface area contributed by atoms with Gasteiger partial charge in [0.2, 0.25) is 0 Å². The molecule has 0 fully saturated rings. The first-order valence-corrected chi connectivity index (χ1v) is 4.67. The number of carboxylic acids is 1. The second-order valence-electron chi connectivity index (χ2n) is 3.12. The summed E-state index contributed by atoms with van der Waals surface area (Å²) in [6, 6.07) is 0.0668. The van der Waals surface area contributed by atoms with Crippen molar-refractivity contribution >= 4 is 12.0 Å². The first-order valence-electron chi connectivity index (χ1n) is 4.67. The Morgan fingerprint density at radius 2 is 2.50 bits per heavy atom. The van der Waals surface area contributed by atoms with Crippen molar-refractivity contribution in [3.63, 3.8) is 0 Å². The Morgan fingerprint density at radius 3 is 3.06 bits per heavy atom. The van der Waals surface area contributed by atoms with Crippen LogP contribution in [-0.4, -0.2) is 33.8 Å². The summed E-state index contributed by atoms with van der Waals surface area (Å²) < 4.78 is 4.83. The minimum atomic E-state index is -1.16. The Kier molecular flexibility index (Phi) is 4.36. The molecule has 86 valence electrons. The predicted octanol–water partition coefficient (Wildman–Crippen LogP) is 0.559. The summed E-state index contributed by atoms with van der Waals surface area (Å²) in [6.45, 7) is 0.210. The number of rotatable bonds is 6. The van der Waals surface area contributed by atoms with Crippen LogP contribution >= 0.6 is 0 Å². The summed E-state index contributed by atoms with van der Waals surface area (Å²) in [5, 5.41) is 20.7. The molecule has 0 aliphatic carbocycles. The molecule has 6 nitrogen and oxygen atoms in total. The van der Waals surface area contributed by atoms with E-state index in [1.165, 1.54) is 0 Å². The van der Waals surface area contributed by atoms with Crippen molar-refractivity contribution in [3.05, 3.63) is 12.0 Å². The van der Waals surface area contributed by atoms with Gasteiger partial charge in [-0.1, -0.05) is 0 Å². The number of nitrogens with one attached hydrogen (secondary N) is 1. The van der Waals surface area contributed by atoms with Gasteiger partial charge < -0.3 is 19.9 Å². The van der Waals surface area contributed by atoms with E-state index < -0.39 is 12.1 Å². The lowest BCUT2D eigenvalue weighted by molar-refractivity contribution is 0.0690. The number of hydrogen-bond donors (Lipinski definition) is 3. The van der Waals surface area contributed by atoms with Gasteiger partial charge in [-0.05, 0) is 6.42 Å². The normalized spacial score (nSPS) is 11.8. The van der Waals surface area contributed by atoms with Crippen LogP contribution < -0.4 is 5.32 Å². The highest BCUT2D eigenvalue weighted by molar-refractivity contribution is 5.85. The van der Waals surface area contributed by atoms with Gasteiger partial charge >= 0.3 is 5.97 Å². The standard InChI is InChI=1S/C10H12N2O4/c1-2-3-4-7(13)5-11-10-12-8(6-16-10)9(14)15/h1,6-7,13H,3-5H2,(H,11,12)(H,14,15). The fraction of sp³-hybridized carbons (Fsp3) is 0.400. The summed E-state index contributed by atoms with van der Waals surface area (Å²) in [5.41, 5.74) is -0.180. The number of anilines is 1. The minimum Gasteiger partial charge on any atom is -0.476 e. The van der Waals surface area contributed by atoms with Crippen LogP contribution in [-0.2, 0) is 0 Å². The molecule has 1 heterocycles. The Labute approximate surface area is 92.3 Å². The molecule has 0 aromatic carbocycles. The zero-order chi connectivity index (χ0) is 12.0. The predicted molar refractivity (Wildman–Crippen MR) is 56.0 cm³/mol. The average molecular weight is 224 g/mol. The van der Waals surface area contributed by atoms with Gasteiger partial charge in [-0.15, -0.1) is 12.3 Å². The molecule has 0 aliphatic rings. The van der Waals surface area contributed by atoms with Gasteiger partial charge in [0.1, 0.15) is 6.26 Å². The third kappa shape index (κ3) is 3.63. The van der Waals surface area contributed by atoms with Crippen LogP contribution in [0, 0.1) is 12.3 Å². The van der Waals surface area contributed by atoms with Gasteiger partial charge in [-0.2, -0.15) is 4.98 Å². The maximum atomic E-state index is 10.5. The van der Waals surface area contributed by atoms with Crippen LogP contribution in [0.5, 0.6) is 0 Å². The molecule has 1 atom stereocenters. The zero-order valence-electron chi connectivity index (χ0n) is 8.51. The Bertz CT molecular complexity index is 394. The molecule has 3 N–H and O–H groups in total. The summed E-state index contributed by atoms with van der Waals surface area (Å²) in [6.07, 6.45) is 6.40. The van der Waals surface area contributed by atoms with Crippen LogP contribution in [0.2, 0.25) is 0 Å². The number of carboxylic acid groups (broad SMARTS) is 1. The van der Waals surface area contributed by atoms with Crippen molar-refractivity contribution in [2.75, 3.05) is 11.9 Å². The number of nitrogens with zero attached hydrogens (tertiary/aromatic N) is 1. The molecule has 0 aliphatic heterocycles. The maximum Gasteiger partial charge on any atom is 0.357 e. The summed E-state index contributed by atoms with van der Waals surface area (Å²) in [5.74, 6) is 1.25. The van der Waals surface area contributed by atoms with E-state index in [1.807, 2.05) is 0 Å². The monoisotopic (exact) mass is 224 g/mol. The van der Waals surface area contributed by atoms with Gasteiger partial charge in [0.25, 0.3) is 6.01 Å². The zero-order valence-corrected chi connectivity index (χ0v) is 8.51. The van der Waals surface area contributed by atoms with Crippen molar-refractivity contribution in [2.24, 2.45) is 0 Å². The van der Waals surface area contributed by atoms with Gasteiger partial charge in [0.05, 0.1) is 6.10 Å². The third-order valence-electron chi connectivity index (χ3n) is 1.83. The van der Waals surface area contributed by atoms with E-state index in [9.17, 15) is 9.90 Å². The summed E-state index contributed by atoms with van der Waals surface area (Å²) in [4.78, 5) is 14.1. The Balaban J connectivity index is 2.37. The van der Waals surface area contributed by atoms with E-state index in [4.69, 9.17) is 15.9 Å². The lowest BCUT2D eigenvalue weighted by Gasteiger charge is -2.07. The molecular weight excluding hydrogens is 212 g/mol. The highest BCUT2D eigenvalue weighted by Gasteiger charge is 2.11. The highest BCUT2D eigenvalue weighted by Crippen LogP contribution is 2.07. The fourth-order valence-corrected chi connectivity index (χ4v) is 1.01. The van der Waals surface area contributed by atoms with Crippen LogP contribution in [0.3, 0.4) is 0 Å². The molecule has 0 bridgehead atoms. The third-order valence-corrected chi connectivity index (χ3v) is 1.83. The number of aliphatic hydroxyl groups excluding tert-OH is 1. The lowest BCUT2D eigenvalue weighted by Crippen LogP contribution is -2.19. The second kappa shape index (κ2) is 5.78. The van der Waals surface area contributed by atoms with E-state index in [1.54, 1.807) is 0 Å². The SMILES string of the molecule is C#CCCC(O)CNc1nc(C(=O)O)co1. The van der Waals surface area contributed by atoms with E-state index in [0.29, 0.717) is 12.8 Å². The van der Waals surface area contributed by atoms with Crippen molar-refractivity contribution in [3.8, 4) is 12.3 Å². The van der Waals surface area contributed by atoms with Crippen molar-refractivity contribution < 1.29 is 19.4 Å². The van der Waals surface area contributed by atoms with Crippen molar-refractivity contribution in [1.29, 1.82) is 0 Å². The van der Waals surface area contributed by atoms with Crippen LogP contribution in [0.4, 0.5) is 6.01 Å². The quantitative estimate of drug-likeness (QED) is 0.611. The Hall–Kier alpha value is -2.00. The highest BCUT2D eigenvalue weighted by atomic mass is 16.4. The topological polar surface area (TPSA) is 95.6 Å². The minimum absolute atomic E-state index is 0.0668. The number of hydrogen-bond acceptors (Lipinski definition) is 5. The summed E-state index contributed by atoms with van der Waals surface area (Å²) >= 11 is 0. The van der Waals surface area contributed by atoms with Crippen molar-refractivity contribution in [1.82, 2.24) is 4.98 Å². The average Bonchev–Trinajstić information content (AvgIpc) is 2.72. The van der Waals surface area contributed by atoms with E-state index in [2.05, 4.69) is 16.2 Å². The molecule has 6 heteroatoms. The molecule has 0 spiro atoms. The molecule has 1 aromatic heterocycles. The summed E-state index contributed by atoms with van der Waals surface area (Å²) in [7, 11) is 0. The number of aliphatic hydroxyl groups is 1. The van der Waals surface area contributed by atoms with Gasteiger partial charge in [0, 0.05) is 13.0 Å². The lowest BCUT2D eigenvalue weighted by atomic mass is 10.2. The number of aromatic nitrogens is 1. The fourth-order valence-electron chi connectivity index (χ4n) is 1.01. The molecular formula is C10H12N2O4. The Morgan fingerprint density at radius 1 is 1.75 bits per heavy atom. The molecule has 0 saturated heterocycles. The van der Waals surface area contributed by atoms with Crippen LogP contribution in [0.25, 0.3) is 0 Å². The first kappa shape index (κ1) is 12.1. The van der Waals surface area contributed by atoms with Crippen molar-refractivity contribution in [2.45, 2.75) is 18.9 Å². The maximum absolute atomic E-state index is 10.5. The smallest absolute Gasteiger partial charge is 0.357 e. The molecule has 0 radical (unpaired) electrons. The molecule has 0 amide bonds. The van der Waals surface area contributed by atoms with Crippen LogP contribution in [0.1, 0.15) is 23.3 Å². The van der Waals surface area contributed by atoms with E-state index >= 15 is 0 Å². The largest absolute Gasteiger partial charge is 0.476 e. The molecule has 1 unspecified atom stereocenters. The first-order chi connectivity index (χ1) is 7.63. The van der Waals surface area contributed by atoms with E-state index in [0.717, 1.165) is 6.26 Å². The molecule has 1 rings (SSSR count). The van der Waals surface area contributed by atoms with Gasteiger partial charge in [-0.3, -0.25) is 0 Å². The molecule has 1 aromatic rings. The van der Waals surface area contributed by atoms with Crippen LogP contribution in [0.15, 0.2) is 10.7 Å².